The maximum Gasteiger partial charge on any atom is 0.416 e. The van der Waals surface area contributed by atoms with Crippen LogP contribution in [0.3, 0.4) is 0 Å². The number of amides is 1. The molecule has 0 N–H and O–H groups in total. The van der Waals surface area contributed by atoms with Gasteiger partial charge in [-0.3, -0.25) is 9.48 Å². The maximum absolute atomic E-state index is 13.4. The van der Waals surface area contributed by atoms with Crippen molar-refractivity contribution >= 4 is 51.4 Å². The Morgan fingerprint density at radius 2 is 2.03 bits per heavy atom. The van der Waals surface area contributed by atoms with Crippen LogP contribution < -0.4 is 0 Å². The third kappa shape index (κ3) is 4.99. The van der Waals surface area contributed by atoms with Gasteiger partial charge in [0.1, 0.15) is 0 Å². The number of carbonyl (C=O) groups excluding carboxylic acids is 1. The fraction of sp³-hybridized carbons (Fsp3) is 0.174. The smallest absolute Gasteiger partial charge is 0.350 e. The molecule has 1 aromatic heterocycles. The number of thioether (sulfide) groups is 1. The summed E-state index contributed by atoms with van der Waals surface area (Å²) >= 11 is 7.05. The second kappa shape index (κ2) is 9.07. The molecule has 0 radical (unpaired) electrons. The van der Waals surface area contributed by atoms with Gasteiger partial charge < -0.3 is 4.90 Å². The minimum Gasteiger partial charge on any atom is -0.350 e. The van der Waals surface area contributed by atoms with Crippen molar-refractivity contribution in [1.82, 2.24) is 14.7 Å². The molecule has 1 aliphatic rings. The van der Waals surface area contributed by atoms with E-state index in [0.29, 0.717) is 22.1 Å². The van der Waals surface area contributed by atoms with Crippen molar-refractivity contribution in [2.75, 3.05) is 13.6 Å². The molecule has 4 rings (SSSR count). The van der Waals surface area contributed by atoms with Gasteiger partial charge in [0.05, 0.1) is 28.7 Å². The highest BCUT2D eigenvalue weighted by Gasteiger charge is 2.33. The van der Waals surface area contributed by atoms with E-state index >= 15 is 0 Å². The van der Waals surface area contributed by atoms with Crippen molar-refractivity contribution in [1.29, 1.82) is 0 Å². The fourth-order valence-corrected chi connectivity index (χ4v) is 4.47. The van der Waals surface area contributed by atoms with Gasteiger partial charge >= 0.3 is 6.18 Å². The number of fused-ring (bicyclic) bond motifs is 1. The lowest BCUT2D eigenvalue weighted by atomic mass is 10.1. The molecule has 5 nitrogen and oxygen atoms in total. The molecule has 10 heteroatoms. The number of halogens is 4. The lowest BCUT2D eigenvalue weighted by Crippen LogP contribution is -2.22. The summed E-state index contributed by atoms with van der Waals surface area (Å²) in [5, 5.41) is 5.63. The molecule has 0 spiro atoms. The predicted molar refractivity (Wildman–Crippen MR) is 126 cm³/mol. The normalized spacial score (nSPS) is 15.4. The molecule has 0 atom stereocenters. The van der Waals surface area contributed by atoms with Crippen LogP contribution in [-0.2, 0) is 17.5 Å². The number of hydrogen-bond donors (Lipinski definition) is 0. The zero-order chi connectivity index (χ0) is 23.8. The van der Waals surface area contributed by atoms with Crippen molar-refractivity contribution in [3.05, 3.63) is 81.9 Å². The molecule has 0 saturated heterocycles. The monoisotopic (exact) mass is 490 g/mol. The van der Waals surface area contributed by atoms with Crippen LogP contribution in [0.25, 0.3) is 17.0 Å². The lowest BCUT2D eigenvalue weighted by Gasteiger charge is -2.14. The van der Waals surface area contributed by atoms with Gasteiger partial charge in [0, 0.05) is 24.0 Å². The van der Waals surface area contributed by atoms with Crippen LogP contribution in [0.5, 0.6) is 0 Å². The highest BCUT2D eigenvalue weighted by Crippen LogP contribution is 2.35. The highest BCUT2D eigenvalue weighted by molar-refractivity contribution is 8.18. The van der Waals surface area contributed by atoms with E-state index in [9.17, 15) is 18.0 Å². The summed E-state index contributed by atoms with van der Waals surface area (Å²) in [6, 6.07) is 9.11. The van der Waals surface area contributed by atoms with E-state index in [0.717, 1.165) is 17.0 Å². The largest absolute Gasteiger partial charge is 0.416 e. The van der Waals surface area contributed by atoms with Crippen LogP contribution in [0, 0.1) is 0 Å². The Kier molecular flexibility index (Phi) is 6.36. The summed E-state index contributed by atoms with van der Waals surface area (Å²) in [5.74, 6) is -0.316. The molecule has 1 aliphatic heterocycles. The first-order valence-corrected chi connectivity index (χ1v) is 11.0. The second-order valence-corrected chi connectivity index (χ2v) is 8.84. The summed E-state index contributed by atoms with van der Waals surface area (Å²) in [6.45, 7) is 4.19. The standard InChI is InChI=1S/C23H18ClF3N4OS/c1-3-8-30(2)22-29-21(32)20(33-22)10-14-4-7-19-16(9-14)12-28-31(19)13-15-5-6-17(24)11-18(15)23(25,26)27/h3-7,9-12H,1,8,13H2,2H3/b20-10-. The van der Waals surface area contributed by atoms with Gasteiger partial charge in [-0.15, -0.1) is 6.58 Å². The third-order valence-electron chi connectivity index (χ3n) is 5.00. The lowest BCUT2D eigenvalue weighted by molar-refractivity contribution is -0.138. The van der Waals surface area contributed by atoms with E-state index in [1.54, 1.807) is 30.5 Å². The summed E-state index contributed by atoms with van der Waals surface area (Å²) < 4.78 is 41.8. The van der Waals surface area contributed by atoms with E-state index in [1.807, 2.05) is 18.0 Å². The number of aliphatic imine (C=N–C) groups is 1. The molecule has 33 heavy (non-hydrogen) atoms. The molecule has 1 amide bonds. The number of benzene rings is 2. The van der Waals surface area contributed by atoms with Crippen molar-refractivity contribution in [2.24, 2.45) is 4.99 Å². The zero-order valence-corrected chi connectivity index (χ0v) is 19.0. The number of carbonyl (C=O) groups is 1. The fourth-order valence-electron chi connectivity index (χ4n) is 3.42. The SMILES string of the molecule is C=CCN(C)C1=NC(=O)/C(=C/c2ccc3c(cnn3Cc3ccc(Cl)cc3C(F)(F)F)c2)S1. The summed E-state index contributed by atoms with van der Waals surface area (Å²) in [5.41, 5.74) is 0.731. The molecule has 0 fully saturated rings. The Hall–Kier alpha value is -3.04. The Balaban J connectivity index is 1.59. The zero-order valence-electron chi connectivity index (χ0n) is 17.4. The van der Waals surface area contributed by atoms with Crippen LogP contribution in [0.1, 0.15) is 16.7 Å². The molecule has 2 aromatic carbocycles. The molecule has 2 heterocycles. The van der Waals surface area contributed by atoms with Gasteiger partial charge in [0.25, 0.3) is 5.91 Å². The molecule has 3 aromatic rings. The van der Waals surface area contributed by atoms with Crippen molar-refractivity contribution in [3.8, 4) is 0 Å². The molecule has 0 unspecified atom stereocenters. The van der Waals surface area contributed by atoms with Crippen LogP contribution >= 0.6 is 23.4 Å². The predicted octanol–water partition coefficient (Wildman–Crippen LogP) is 5.84. The number of likely N-dealkylation sites (N-methyl/N-ethyl adjacent to an activating group) is 1. The van der Waals surface area contributed by atoms with E-state index in [1.165, 1.54) is 28.6 Å². The minimum absolute atomic E-state index is 0.0243. The first-order chi connectivity index (χ1) is 15.7. The highest BCUT2D eigenvalue weighted by atomic mass is 35.5. The summed E-state index contributed by atoms with van der Waals surface area (Å²) in [4.78, 5) is 18.6. The van der Waals surface area contributed by atoms with Gasteiger partial charge in [0.15, 0.2) is 5.17 Å². The Morgan fingerprint density at radius 3 is 2.76 bits per heavy atom. The third-order valence-corrected chi connectivity index (χ3v) is 6.33. The van der Waals surface area contributed by atoms with Crippen LogP contribution in [-0.4, -0.2) is 39.3 Å². The van der Waals surface area contributed by atoms with Crippen molar-refractivity contribution in [3.63, 3.8) is 0 Å². The van der Waals surface area contributed by atoms with Gasteiger partial charge in [-0.2, -0.15) is 23.3 Å². The number of nitrogens with zero attached hydrogens (tertiary/aromatic N) is 4. The Labute approximate surface area is 197 Å². The average Bonchev–Trinajstić information content (AvgIpc) is 3.32. The van der Waals surface area contributed by atoms with Gasteiger partial charge in [-0.05, 0) is 53.2 Å². The summed E-state index contributed by atoms with van der Waals surface area (Å²) in [7, 11) is 1.83. The first kappa shape index (κ1) is 23.1. The average molecular weight is 491 g/mol. The number of alkyl halides is 3. The van der Waals surface area contributed by atoms with E-state index in [4.69, 9.17) is 11.6 Å². The number of hydrogen-bond acceptors (Lipinski definition) is 4. The quantitative estimate of drug-likeness (QED) is 0.333. The van der Waals surface area contributed by atoms with E-state index in [2.05, 4.69) is 16.7 Å². The van der Waals surface area contributed by atoms with Gasteiger partial charge in [0.2, 0.25) is 0 Å². The second-order valence-electron chi connectivity index (χ2n) is 7.40. The molecular weight excluding hydrogens is 473 g/mol. The minimum atomic E-state index is -4.52. The van der Waals surface area contributed by atoms with E-state index < -0.39 is 11.7 Å². The van der Waals surface area contributed by atoms with Crippen LogP contribution in [0.2, 0.25) is 5.02 Å². The van der Waals surface area contributed by atoms with Crippen LogP contribution in [0.15, 0.2) is 65.1 Å². The van der Waals surface area contributed by atoms with Crippen molar-refractivity contribution < 1.29 is 18.0 Å². The van der Waals surface area contributed by atoms with Crippen molar-refractivity contribution in [2.45, 2.75) is 12.7 Å². The van der Waals surface area contributed by atoms with E-state index in [-0.39, 0.29) is 23.0 Å². The topological polar surface area (TPSA) is 50.5 Å². The van der Waals surface area contributed by atoms with Gasteiger partial charge in [-0.1, -0.05) is 29.8 Å². The molecular formula is C23H18ClF3N4OS. The number of aromatic nitrogens is 2. The number of amidine groups is 1. The van der Waals surface area contributed by atoms with Crippen LogP contribution in [0.4, 0.5) is 13.2 Å². The molecule has 0 saturated carbocycles. The molecule has 0 bridgehead atoms. The Morgan fingerprint density at radius 1 is 1.24 bits per heavy atom. The summed E-state index contributed by atoms with van der Waals surface area (Å²) in [6.07, 6.45) is 0.532. The number of rotatable bonds is 5. The molecule has 170 valence electrons. The Bertz CT molecular complexity index is 1310. The van der Waals surface area contributed by atoms with Gasteiger partial charge in [-0.25, -0.2) is 0 Å². The maximum atomic E-state index is 13.4. The molecule has 0 aliphatic carbocycles. The first-order valence-electron chi connectivity index (χ1n) is 9.81.